The number of aryl methyl sites for hydroxylation is 2. The van der Waals surface area contributed by atoms with E-state index in [1.165, 1.54) is 0 Å². The molecule has 11 nitrogen and oxygen atoms in total. The lowest BCUT2D eigenvalue weighted by atomic mass is 10.1. The maximum absolute atomic E-state index is 10.6. The van der Waals surface area contributed by atoms with Gasteiger partial charge in [-0.05, 0) is 49.7 Å². The van der Waals surface area contributed by atoms with Gasteiger partial charge in [-0.15, -0.1) is 0 Å². The summed E-state index contributed by atoms with van der Waals surface area (Å²) in [6, 6.07) is 9.05. The van der Waals surface area contributed by atoms with Crippen molar-refractivity contribution >= 4 is 45.4 Å². The zero-order valence-corrected chi connectivity index (χ0v) is 19.9. The van der Waals surface area contributed by atoms with Gasteiger partial charge in [0.2, 0.25) is 17.8 Å². The Labute approximate surface area is 208 Å². The number of nitrogens with one attached hydrogen (secondary N) is 1. The van der Waals surface area contributed by atoms with E-state index in [-0.39, 0.29) is 11.8 Å². The number of methoxy groups -OCH3 is 1. The quantitative estimate of drug-likeness (QED) is 0.215. The fourth-order valence-electron chi connectivity index (χ4n) is 3.22. The van der Waals surface area contributed by atoms with Crippen LogP contribution in [-0.4, -0.2) is 62.6 Å². The largest absolute Gasteiger partial charge is 0.493 e. The number of carboxylic acids is 1. The number of aromatic nitrogens is 4. The highest BCUT2D eigenvalue weighted by molar-refractivity contribution is 5.90. The summed E-state index contributed by atoms with van der Waals surface area (Å²) in [5.74, 6) is -1.66. The number of nitrogen functional groups attached to an aromatic ring is 1. The first kappa shape index (κ1) is 27.1. The summed E-state index contributed by atoms with van der Waals surface area (Å²) >= 11 is 0. The monoisotopic (exact) mass is 520 g/mol. The van der Waals surface area contributed by atoms with Gasteiger partial charge in [0, 0.05) is 18.2 Å². The Morgan fingerprint density at radius 2 is 1.70 bits per heavy atom. The van der Waals surface area contributed by atoms with Crippen LogP contribution in [0.4, 0.5) is 30.8 Å². The van der Waals surface area contributed by atoms with Gasteiger partial charge < -0.3 is 25.4 Å². The van der Waals surface area contributed by atoms with E-state index < -0.39 is 12.1 Å². The molecule has 4 aromatic rings. The second kappa shape index (κ2) is 11.1. The first-order valence-electron chi connectivity index (χ1n) is 10.6. The number of carbonyl (C=O) groups is 1. The van der Waals surface area contributed by atoms with Gasteiger partial charge in [0.05, 0.1) is 28.7 Å². The molecule has 0 aliphatic rings. The number of alkyl halides is 3. The highest BCUT2D eigenvalue weighted by Crippen LogP contribution is 2.29. The van der Waals surface area contributed by atoms with Crippen LogP contribution in [0.25, 0.3) is 21.8 Å². The van der Waals surface area contributed by atoms with Crippen LogP contribution in [0, 0.1) is 13.8 Å². The van der Waals surface area contributed by atoms with Crippen molar-refractivity contribution in [2.45, 2.75) is 20.0 Å². The number of anilines is 3. The van der Waals surface area contributed by atoms with Crippen LogP contribution in [0.5, 0.6) is 11.6 Å². The van der Waals surface area contributed by atoms with Crippen LogP contribution in [0.1, 0.15) is 11.3 Å². The molecule has 2 aromatic carbocycles. The minimum atomic E-state index is -5.08. The summed E-state index contributed by atoms with van der Waals surface area (Å²) < 4.78 is 42.4. The number of carboxylic acid groups (broad SMARTS) is 1. The van der Waals surface area contributed by atoms with E-state index >= 15 is 0 Å². The molecular formula is C23H23F3N6O5. The Balaban J connectivity index is 0.000000479. The predicted molar refractivity (Wildman–Crippen MR) is 129 cm³/mol. The van der Waals surface area contributed by atoms with Gasteiger partial charge in [-0.3, -0.25) is 5.32 Å². The van der Waals surface area contributed by atoms with E-state index in [0.29, 0.717) is 35.8 Å². The van der Waals surface area contributed by atoms with Crippen molar-refractivity contribution < 1.29 is 37.7 Å². The lowest BCUT2D eigenvalue weighted by Gasteiger charge is -2.11. The third kappa shape index (κ3) is 6.82. The number of benzene rings is 2. The number of hydrogen-bond donors (Lipinski definition) is 4. The predicted octanol–water partition coefficient (Wildman–Crippen LogP) is 3.88. The minimum Gasteiger partial charge on any atom is -0.493 e. The Morgan fingerprint density at radius 3 is 2.35 bits per heavy atom. The smallest absolute Gasteiger partial charge is 0.490 e. The lowest BCUT2D eigenvalue weighted by molar-refractivity contribution is -0.192. The normalized spacial score (nSPS) is 11.2. The van der Waals surface area contributed by atoms with E-state index in [4.69, 9.17) is 25.1 Å². The van der Waals surface area contributed by atoms with Gasteiger partial charge in [0.25, 0.3) is 0 Å². The van der Waals surface area contributed by atoms with E-state index in [9.17, 15) is 18.3 Å². The summed E-state index contributed by atoms with van der Waals surface area (Å²) in [5.41, 5.74) is 9.35. The van der Waals surface area contributed by atoms with Crippen LogP contribution in [-0.2, 0) is 9.53 Å². The number of halogens is 3. The molecule has 0 saturated carbocycles. The number of nitrogens with zero attached hydrogens (tertiary/aromatic N) is 4. The maximum Gasteiger partial charge on any atom is 0.490 e. The lowest BCUT2D eigenvalue weighted by Crippen LogP contribution is -2.21. The molecule has 5 N–H and O–H groups in total. The standard InChI is InChI=1S/C21H22N6O3.C2HF3O2/c1-11-8-13(22)9-16-18(11)25-21(26-19(16)28)27-20-23-12(2)15-10-14(30-7-6-29-3)4-5-17(15)24-20;3-2(4,5)1(6)7/h4-5,8-10H,6-7,22H2,1-3H3,(H2,23,24,25,26,27,28);(H,6,7). The van der Waals surface area contributed by atoms with E-state index in [2.05, 4.69) is 25.3 Å². The molecule has 0 bridgehead atoms. The molecule has 0 spiro atoms. The molecule has 196 valence electrons. The highest BCUT2D eigenvalue weighted by atomic mass is 19.4. The summed E-state index contributed by atoms with van der Waals surface area (Å²) in [6.45, 7) is 4.74. The Hall–Kier alpha value is -4.46. The SMILES string of the molecule is COCCOc1ccc2nc(Nc3nc(O)c4cc(N)cc(C)c4n3)nc(C)c2c1.O=C(O)C(F)(F)F. The third-order valence-electron chi connectivity index (χ3n) is 4.87. The highest BCUT2D eigenvalue weighted by Gasteiger charge is 2.38. The van der Waals surface area contributed by atoms with Gasteiger partial charge in [-0.1, -0.05) is 0 Å². The van der Waals surface area contributed by atoms with Crippen LogP contribution in [0.3, 0.4) is 0 Å². The fraction of sp³-hybridized carbons (Fsp3) is 0.261. The molecule has 0 saturated heterocycles. The molecule has 0 aliphatic heterocycles. The maximum atomic E-state index is 10.6. The Morgan fingerprint density at radius 1 is 1.03 bits per heavy atom. The molecule has 0 amide bonds. The number of nitrogens with two attached hydrogens (primary N) is 1. The number of aromatic hydroxyl groups is 1. The molecule has 0 radical (unpaired) electrons. The van der Waals surface area contributed by atoms with Gasteiger partial charge in [-0.2, -0.15) is 18.2 Å². The summed E-state index contributed by atoms with van der Waals surface area (Å²) in [4.78, 5) is 26.5. The van der Waals surface area contributed by atoms with Crippen molar-refractivity contribution in [1.82, 2.24) is 19.9 Å². The van der Waals surface area contributed by atoms with Crippen molar-refractivity contribution in [3.05, 3.63) is 41.6 Å². The summed E-state index contributed by atoms with van der Waals surface area (Å²) in [6.07, 6.45) is -5.08. The number of hydrogen-bond acceptors (Lipinski definition) is 10. The Kier molecular flexibility index (Phi) is 8.12. The molecule has 2 heterocycles. The second-order valence-electron chi connectivity index (χ2n) is 7.69. The zero-order chi connectivity index (χ0) is 27.3. The average Bonchev–Trinajstić information content (AvgIpc) is 2.80. The van der Waals surface area contributed by atoms with Gasteiger partial charge in [0.1, 0.15) is 12.4 Å². The molecule has 2 aromatic heterocycles. The first-order valence-corrected chi connectivity index (χ1v) is 10.6. The molecule has 4 rings (SSSR count). The Bertz CT molecular complexity index is 1450. The van der Waals surface area contributed by atoms with E-state index in [1.807, 2.05) is 32.0 Å². The van der Waals surface area contributed by atoms with Crippen LogP contribution < -0.4 is 15.8 Å². The molecule has 0 aliphatic carbocycles. The zero-order valence-electron chi connectivity index (χ0n) is 19.9. The number of fused-ring (bicyclic) bond motifs is 2. The third-order valence-corrected chi connectivity index (χ3v) is 4.87. The molecule has 0 fully saturated rings. The van der Waals surface area contributed by atoms with Gasteiger partial charge in [0.15, 0.2) is 0 Å². The van der Waals surface area contributed by atoms with Gasteiger partial charge >= 0.3 is 12.1 Å². The molecular weight excluding hydrogens is 497 g/mol. The number of ether oxygens (including phenoxy) is 2. The van der Waals surface area contributed by atoms with Crippen molar-refractivity contribution in [2.24, 2.45) is 0 Å². The summed E-state index contributed by atoms with van der Waals surface area (Å²) in [7, 11) is 1.63. The topological polar surface area (TPSA) is 166 Å². The van der Waals surface area contributed by atoms with Crippen LogP contribution in [0.15, 0.2) is 30.3 Å². The van der Waals surface area contributed by atoms with E-state index in [0.717, 1.165) is 27.9 Å². The van der Waals surface area contributed by atoms with Crippen LogP contribution in [0.2, 0.25) is 0 Å². The average molecular weight is 520 g/mol. The van der Waals surface area contributed by atoms with Crippen molar-refractivity contribution in [3.63, 3.8) is 0 Å². The molecule has 0 unspecified atom stereocenters. The van der Waals surface area contributed by atoms with Crippen molar-refractivity contribution in [1.29, 1.82) is 0 Å². The van der Waals surface area contributed by atoms with Crippen LogP contribution >= 0.6 is 0 Å². The van der Waals surface area contributed by atoms with E-state index in [1.54, 1.807) is 19.2 Å². The molecule has 14 heteroatoms. The number of aliphatic carboxylic acids is 1. The summed E-state index contributed by atoms with van der Waals surface area (Å²) in [5, 5.41) is 21.8. The first-order chi connectivity index (χ1) is 17.4. The second-order valence-corrected chi connectivity index (χ2v) is 7.69. The minimum absolute atomic E-state index is 0.159. The van der Waals surface area contributed by atoms with Crippen molar-refractivity contribution in [2.75, 3.05) is 31.4 Å². The van der Waals surface area contributed by atoms with Crippen molar-refractivity contribution in [3.8, 4) is 11.6 Å². The van der Waals surface area contributed by atoms with Gasteiger partial charge in [-0.25, -0.2) is 19.7 Å². The number of rotatable bonds is 6. The molecule has 0 atom stereocenters. The fourth-order valence-corrected chi connectivity index (χ4v) is 3.22. The molecule has 37 heavy (non-hydrogen) atoms.